The van der Waals surface area contributed by atoms with E-state index in [1.165, 1.54) is 0 Å². The Morgan fingerprint density at radius 1 is 1.35 bits per heavy atom. The largest absolute Gasteiger partial charge is 0.490 e. The summed E-state index contributed by atoms with van der Waals surface area (Å²) in [5.41, 5.74) is 6.56. The van der Waals surface area contributed by atoms with Crippen LogP contribution < -0.4 is 10.5 Å². The van der Waals surface area contributed by atoms with Crippen molar-refractivity contribution in [1.29, 1.82) is 0 Å². The summed E-state index contributed by atoms with van der Waals surface area (Å²) in [5.74, 6) is 1.18. The first-order valence-corrected chi connectivity index (χ1v) is 7.04. The summed E-state index contributed by atoms with van der Waals surface area (Å²) >= 11 is 0. The van der Waals surface area contributed by atoms with E-state index in [2.05, 4.69) is 0 Å². The molecule has 0 spiro atoms. The van der Waals surface area contributed by atoms with Crippen LogP contribution in [0.1, 0.15) is 12.0 Å². The number of hydrogen-bond acceptors (Lipinski definition) is 5. The molecule has 20 heavy (non-hydrogen) atoms. The van der Waals surface area contributed by atoms with Crippen LogP contribution in [0.3, 0.4) is 0 Å². The second-order valence-electron chi connectivity index (χ2n) is 5.04. The van der Waals surface area contributed by atoms with Gasteiger partial charge in [0.2, 0.25) is 0 Å². The number of aliphatic hydroxyl groups is 1. The van der Waals surface area contributed by atoms with Crippen molar-refractivity contribution in [1.82, 2.24) is 0 Å². The Morgan fingerprint density at radius 3 is 2.95 bits per heavy atom. The summed E-state index contributed by atoms with van der Waals surface area (Å²) in [7, 11) is 0. The molecule has 112 valence electrons. The Hall–Kier alpha value is -1.14. The van der Waals surface area contributed by atoms with Gasteiger partial charge in [-0.1, -0.05) is 18.2 Å². The lowest BCUT2D eigenvalue weighted by atomic mass is 10.1. The highest BCUT2D eigenvalue weighted by atomic mass is 16.5. The first kappa shape index (κ1) is 15.3. The van der Waals surface area contributed by atoms with Crippen LogP contribution in [-0.2, 0) is 16.0 Å². The molecule has 0 aromatic heterocycles. The van der Waals surface area contributed by atoms with E-state index >= 15 is 0 Å². The zero-order valence-corrected chi connectivity index (χ0v) is 11.7. The molecule has 1 saturated heterocycles. The Bertz CT molecular complexity index is 393. The first-order valence-electron chi connectivity index (χ1n) is 7.04. The number of hydrogen-bond donors (Lipinski definition) is 2. The van der Waals surface area contributed by atoms with Crippen molar-refractivity contribution in [2.75, 3.05) is 33.0 Å². The van der Waals surface area contributed by atoms with Crippen LogP contribution in [0.4, 0.5) is 0 Å². The predicted molar refractivity (Wildman–Crippen MR) is 75.6 cm³/mol. The maximum absolute atomic E-state index is 9.84. The van der Waals surface area contributed by atoms with E-state index in [9.17, 15) is 5.11 Å². The van der Waals surface area contributed by atoms with E-state index in [1.54, 1.807) is 0 Å². The van der Waals surface area contributed by atoms with Gasteiger partial charge in [0.05, 0.1) is 19.8 Å². The minimum Gasteiger partial charge on any atom is -0.490 e. The van der Waals surface area contributed by atoms with Crippen LogP contribution in [0.25, 0.3) is 0 Å². The molecule has 0 saturated carbocycles. The Balaban J connectivity index is 1.65. The number of ether oxygens (including phenoxy) is 3. The Kier molecular flexibility index (Phi) is 6.26. The summed E-state index contributed by atoms with van der Waals surface area (Å²) in [5, 5.41) is 9.84. The Morgan fingerprint density at radius 2 is 2.20 bits per heavy atom. The molecule has 1 heterocycles. The molecule has 0 radical (unpaired) electrons. The molecule has 5 nitrogen and oxygen atoms in total. The van der Waals surface area contributed by atoms with Crippen LogP contribution in [0, 0.1) is 5.92 Å². The molecular formula is C15H23NO4. The monoisotopic (exact) mass is 281 g/mol. The molecule has 1 fully saturated rings. The normalized spacial score (nSPS) is 20.0. The smallest absolute Gasteiger partial charge is 0.123 e. The van der Waals surface area contributed by atoms with Gasteiger partial charge in [0.1, 0.15) is 18.5 Å². The van der Waals surface area contributed by atoms with Crippen molar-refractivity contribution in [3.05, 3.63) is 29.8 Å². The molecule has 0 amide bonds. The van der Waals surface area contributed by atoms with Crippen molar-refractivity contribution < 1.29 is 19.3 Å². The van der Waals surface area contributed by atoms with Gasteiger partial charge >= 0.3 is 0 Å². The third kappa shape index (κ3) is 4.76. The molecule has 3 N–H and O–H groups in total. The number of nitrogens with two attached hydrogens (primary N) is 1. The molecule has 1 aromatic rings. The summed E-state index contributed by atoms with van der Waals surface area (Å²) in [6.07, 6.45) is 0.402. The van der Waals surface area contributed by atoms with Gasteiger partial charge < -0.3 is 25.1 Å². The molecule has 0 aliphatic carbocycles. The van der Waals surface area contributed by atoms with Gasteiger partial charge in [-0.25, -0.2) is 0 Å². The van der Waals surface area contributed by atoms with Crippen LogP contribution in [0.15, 0.2) is 24.3 Å². The molecule has 1 aliphatic heterocycles. The van der Waals surface area contributed by atoms with Gasteiger partial charge in [-0.3, -0.25) is 0 Å². The lowest BCUT2D eigenvalue weighted by Gasteiger charge is -2.15. The summed E-state index contributed by atoms with van der Waals surface area (Å²) < 4.78 is 16.3. The fraction of sp³-hybridized carbons (Fsp3) is 0.600. The summed E-state index contributed by atoms with van der Waals surface area (Å²) in [6, 6.07) is 7.57. The lowest BCUT2D eigenvalue weighted by molar-refractivity contribution is -0.000686. The topological polar surface area (TPSA) is 73.9 Å². The zero-order chi connectivity index (χ0) is 14.2. The quantitative estimate of drug-likeness (QED) is 0.742. The zero-order valence-electron chi connectivity index (χ0n) is 11.7. The molecule has 0 bridgehead atoms. The van der Waals surface area contributed by atoms with Crippen molar-refractivity contribution in [2.45, 2.75) is 19.1 Å². The van der Waals surface area contributed by atoms with E-state index in [-0.39, 0.29) is 13.2 Å². The summed E-state index contributed by atoms with van der Waals surface area (Å²) in [6.45, 7) is 3.12. The molecule has 5 heteroatoms. The van der Waals surface area contributed by atoms with Crippen LogP contribution in [-0.4, -0.2) is 44.2 Å². The van der Waals surface area contributed by atoms with E-state index < -0.39 is 6.10 Å². The van der Waals surface area contributed by atoms with Gasteiger partial charge in [-0.2, -0.15) is 0 Å². The third-order valence-corrected chi connectivity index (χ3v) is 3.31. The van der Waals surface area contributed by atoms with E-state index in [1.807, 2.05) is 24.3 Å². The minimum absolute atomic E-state index is 0.207. The van der Waals surface area contributed by atoms with E-state index in [0.29, 0.717) is 19.1 Å². The van der Waals surface area contributed by atoms with Gasteiger partial charge in [0.15, 0.2) is 0 Å². The molecule has 1 aliphatic rings. The van der Waals surface area contributed by atoms with E-state index in [4.69, 9.17) is 19.9 Å². The third-order valence-electron chi connectivity index (χ3n) is 3.31. The Labute approximate surface area is 119 Å². The van der Waals surface area contributed by atoms with Crippen LogP contribution in [0.2, 0.25) is 0 Å². The van der Waals surface area contributed by atoms with Crippen molar-refractivity contribution in [2.24, 2.45) is 11.7 Å². The molecular weight excluding hydrogens is 258 g/mol. The van der Waals surface area contributed by atoms with Gasteiger partial charge in [-0.15, -0.1) is 0 Å². The van der Waals surface area contributed by atoms with Crippen molar-refractivity contribution in [3.63, 3.8) is 0 Å². The maximum Gasteiger partial charge on any atom is 0.123 e. The molecule has 1 aromatic carbocycles. The number of benzene rings is 1. The molecule has 2 rings (SSSR count). The van der Waals surface area contributed by atoms with Crippen LogP contribution in [0.5, 0.6) is 5.75 Å². The fourth-order valence-electron chi connectivity index (χ4n) is 2.13. The summed E-state index contributed by atoms with van der Waals surface area (Å²) in [4.78, 5) is 0. The van der Waals surface area contributed by atoms with Gasteiger partial charge in [0, 0.05) is 24.6 Å². The van der Waals surface area contributed by atoms with E-state index in [0.717, 1.165) is 30.9 Å². The maximum atomic E-state index is 9.84. The van der Waals surface area contributed by atoms with Gasteiger partial charge in [-0.05, 0) is 12.5 Å². The number of rotatable bonds is 8. The SMILES string of the molecule is NCc1ccccc1OCC(O)COCC1CCOC1. The fourth-order valence-corrected chi connectivity index (χ4v) is 2.13. The first-order chi connectivity index (χ1) is 9.79. The highest BCUT2D eigenvalue weighted by Gasteiger charge is 2.16. The highest BCUT2D eigenvalue weighted by Crippen LogP contribution is 2.17. The number of aliphatic hydroxyl groups excluding tert-OH is 1. The second kappa shape index (κ2) is 8.21. The van der Waals surface area contributed by atoms with Crippen molar-refractivity contribution >= 4 is 0 Å². The van der Waals surface area contributed by atoms with Crippen molar-refractivity contribution in [3.8, 4) is 5.75 Å². The average molecular weight is 281 g/mol. The highest BCUT2D eigenvalue weighted by molar-refractivity contribution is 5.32. The average Bonchev–Trinajstić information content (AvgIpc) is 2.98. The molecule has 2 unspecified atom stereocenters. The number of para-hydroxylation sites is 1. The standard InChI is InChI=1S/C15H23NO4/c16-7-13-3-1-2-4-15(13)20-11-14(17)10-19-9-12-5-6-18-8-12/h1-4,12,14,17H,5-11,16H2. The minimum atomic E-state index is -0.636. The predicted octanol–water partition coefficient (Wildman–Crippen LogP) is 0.938. The second-order valence-corrected chi connectivity index (χ2v) is 5.04. The van der Waals surface area contributed by atoms with Crippen LogP contribution >= 0.6 is 0 Å². The van der Waals surface area contributed by atoms with Gasteiger partial charge in [0.25, 0.3) is 0 Å². The lowest BCUT2D eigenvalue weighted by Crippen LogP contribution is -2.25. The molecule has 2 atom stereocenters.